The molecule has 3 aromatic carbocycles. The summed E-state index contributed by atoms with van der Waals surface area (Å²) in [4.78, 5) is 26.8. The van der Waals surface area contributed by atoms with Gasteiger partial charge in [0.2, 0.25) is 0 Å². The van der Waals surface area contributed by atoms with Crippen LogP contribution in [0.5, 0.6) is 0 Å². The fourth-order valence-corrected chi connectivity index (χ4v) is 2.92. The van der Waals surface area contributed by atoms with E-state index in [1.165, 1.54) is 7.05 Å². The highest BCUT2D eigenvalue weighted by Gasteiger charge is 2.26. The zero-order valence-corrected chi connectivity index (χ0v) is 16.1. The molecule has 0 heterocycles. The van der Waals surface area contributed by atoms with Crippen molar-refractivity contribution in [1.82, 2.24) is 9.80 Å². The third kappa shape index (κ3) is 5.11. The highest BCUT2D eigenvalue weighted by molar-refractivity contribution is 5.91. The van der Waals surface area contributed by atoms with Gasteiger partial charge < -0.3 is 4.74 Å². The number of nitrogens with zero attached hydrogens (tertiary/aromatic N) is 3. The number of nitriles is 1. The van der Waals surface area contributed by atoms with Gasteiger partial charge in [-0.05, 0) is 28.3 Å². The Labute approximate surface area is 169 Å². The number of fused-ring (bicyclic) bond motifs is 1. The van der Waals surface area contributed by atoms with Crippen molar-refractivity contribution in [2.75, 3.05) is 13.6 Å². The quantitative estimate of drug-likeness (QED) is 0.475. The average Bonchev–Trinajstić information content (AvgIpc) is 2.77. The van der Waals surface area contributed by atoms with Gasteiger partial charge in [0.1, 0.15) is 6.61 Å². The predicted octanol–water partition coefficient (Wildman–Crippen LogP) is 4.55. The lowest BCUT2D eigenvalue weighted by atomic mass is 10.1. The summed E-state index contributed by atoms with van der Waals surface area (Å²) in [6.07, 6.45) is 1.41. The smallest absolute Gasteiger partial charge is 0.418 e. The summed E-state index contributed by atoms with van der Waals surface area (Å²) >= 11 is 0. The SMILES string of the molecule is CN(C#N)C(=O)N(CCc1ccc2ccccc2c1)C(=O)OCc1ccccc1. The van der Waals surface area contributed by atoms with E-state index in [0.717, 1.165) is 31.7 Å². The molecule has 0 atom stereocenters. The second-order valence-electron chi connectivity index (χ2n) is 6.56. The van der Waals surface area contributed by atoms with E-state index in [1.54, 1.807) is 6.19 Å². The second kappa shape index (κ2) is 9.38. The Morgan fingerprint density at radius 1 is 0.931 bits per heavy atom. The van der Waals surface area contributed by atoms with Crippen LogP contribution in [0.1, 0.15) is 11.1 Å². The largest absolute Gasteiger partial charge is 0.444 e. The molecular weight excluding hydrogens is 366 g/mol. The van der Waals surface area contributed by atoms with E-state index in [-0.39, 0.29) is 13.2 Å². The lowest BCUT2D eigenvalue weighted by molar-refractivity contribution is 0.0995. The summed E-state index contributed by atoms with van der Waals surface area (Å²) in [6.45, 7) is 0.159. The van der Waals surface area contributed by atoms with Crippen molar-refractivity contribution < 1.29 is 14.3 Å². The molecule has 0 unspecified atom stereocenters. The van der Waals surface area contributed by atoms with E-state index in [0.29, 0.717) is 6.42 Å². The number of amides is 3. The molecule has 6 heteroatoms. The van der Waals surface area contributed by atoms with Crippen LogP contribution in [0.3, 0.4) is 0 Å². The lowest BCUT2D eigenvalue weighted by Gasteiger charge is -2.22. The molecule has 0 radical (unpaired) electrons. The molecule has 0 spiro atoms. The van der Waals surface area contributed by atoms with Gasteiger partial charge in [-0.25, -0.2) is 19.4 Å². The normalized spacial score (nSPS) is 10.2. The van der Waals surface area contributed by atoms with Gasteiger partial charge in [0.15, 0.2) is 6.19 Å². The first-order valence-corrected chi connectivity index (χ1v) is 9.22. The molecule has 0 saturated carbocycles. The molecule has 0 aromatic heterocycles. The van der Waals surface area contributed by atoms with E-state index in [9.17, 15) is 9.59 Å². The summed E-state index contributed by atoms with van der Waals surface area (Å²) in [5.41, 5.74) is 1.80. The Hall–Kier alpha value is -3.85. The molecule has 0 fully saturated rings. The standard InChI is InChI=1S/C23H21N3O3/c1-25(17-24)22(27)26(23(28)29-16-19-7-3-2-4-8-19)14-13-18-11-12-20-9-5-6-10-21(20)15-18/h2-12,15H,13-14,16H2,1H3. The van der Waals surface area contributed by atoms with Gasteiger partial charge in [0.25, 0.3) is 0 Å². The maximum Gasteiger partial charge on any atom is 0.418 e. The summed E-state index contributed by atoms with van der Waals surface area (Å²) in [5, 5.41) is 11.2. The van der Waals surface area contributed by atoms with Gasteiger partial charge in [0, 0.05) is 13.6 Å². The lowest BCUT2D eigenvalue weighted by Crippen LogP contribution is -2.44. The van der Waals surface area contributed by atoms with Gasteiger partial charge in [-0.2, -0.15) is 5.26 Å². The third-order valence-electron chi connectivity index (χ3n) is 4.53. The maximum atomic E-state index is 12.6. The van der Waals surface area contributed by atoms with Crippen molar-refractivity contribution in [3.05, 3.63) is 83.9 Å². The second-order valence-corrected chi connectivity index (χ2v) is 6.56. The van der Waals surface area contributed by atoms with Gasteiger partial charge in [0.05, 0.1) is 0 Å². The van der Waals surface area contributed by atoms with Crippen LogP contribution in [-0.4, -0.2) is 35.5 Å². The topological polar surface area (TPSA) is 73.6 Å². The monoisotopic (exact) mass is 387 g/mol. The minimum atomic E-state index is -0.776. The first-order chi connectivity index (χ1) is 14.1. The van der Waals surface area contributed by atoms with Crippen LogP contribution in [-0.2, 0) is 17.8 Å². The molecular formula is C23H21N3O3. The fraction of sp³-hybridized carbons (Fsp3) is 0.174. The van der Waals surface area contributed by atoms with Crippen molar-refractivity contribution in [3.63, 3.8) is 0 Å². The highest BCUT2D eigenvalue weighted by atomic mass is 16.6. The van der Waals surface area contributed by atoms with E-state index in [1.807, 2.05) is 72.8 Å². The number of rotatable bonds is 5. The van der Waals surface area contributed by atoms with Crippen LogP contribution in [0, 0.1) is 11.5 Å². The molecule has 0 N–H and O–H groups in total. The molecule has 3 amide bonds. The number of urea groups is 1. The number of imide groups is 1. The summed E-state index contributed by atoms with van der Waals surface area (Å²) in [7, 11) is 1.32. The Bertz CT molecular complexity index is 1040. The number of benzene rings is 3. The Morgan fingerprint density at radius 2 is 1.62 bits per heavy atom. The molecule has 0 aliphatic heterocycles. The van der Waals surface area contributed by atoms with Crippen molar-refractivity contribution in [1.29, 1.82) is 5.26 Å². The molecule has 0 bridgehead atoms. The molecule has 3 rings (SSSR count). The van der Waals surface area contributed by atoms with E-state index in [2.05, 4.69) is 0 Å². The number of ether oxygens (including phenoxy) is 1. The molecule has 0 saturated heterocycles. The minimum absolute atomic E-state index is 0.0513. The maximum absolute atomic E-state index is 12.6. The molecule has 3 aromatic rings. The summed E-state index contributed by atoms with van der Waals surface area (Å²) in [6, 6.07) is 22.5. The predicted molar refractivity (Wildman–Crippen MR) is 110 cm³/mol. The van der Waals surface area contributed by atoms with Crippen molar-refractivity contribution >= 4 is 22.9 Å². The third-order valence-corrected chi connectivity index (χ3v) is 4.53. The van der Waals surface area contributed by atoms with Crippen molar-refractivity contribution in [2.24, 2.45) is 0 Å². The molecule has 0 aliphatic carbocycles. The minimum Gasteiger partial charge on any atom is -0.444 e. The van der Waals surface area contributed by atoms with Crippen LogP contribution in [0.4, 0.5) is 9.59 Å². The summed E-state index contributed by atoms with van der Waals surface area (Å²) < 4.78 is 5.29. The molecule has 6 nitrogen and oxygen atoms in total. The number of hydrogen-bond acceptors (Lipinski definition) is 4. The van der Waals surface area contributed by atoms with Crippen LogP contribution < -0.4 is 0 Å². The van der Waals surface area contributed by atoms with Crippen molar-refractivity contribution in [2.45, 2.75) is 13.0 Å². The van der Waals surface area contributed by atoms with Gasteiger partial charge in [-0.15, -0.1) is 0 Å². The number of carbonyl (C=O) groups is 2. The molecule has 0 aliphatic rings. The zero-order chi connectivity index (χ0) is 20.6. The highest BCUT2D eigenvalue weighted by Crippen LogP contribution is 2.16. The summed E-state index contributed by atoms with van der Waals surface area (Å²) in [5.74, 6) is 0. The Balaban J connectivity index is 1.71. The first kappa shape index (κ1) is 19.9. The first-order valence-electron chi connectivity index (χ1n) is 9.22. The van der Waals surface area contributed by atoms with Crippen LogP contribution in [0.2, 0.25) is 0 Å². The van der Waals surface area contributed by atoms with E-state index in [4.69, 9.17) is 10.00 Å². The Kier molecular flexibility index (Phi) is 6.43. The van der Waals surface area contributed by atoms with Gasteiger partial charge in [-0.3, -0.25) is 0 Å². The fourth-order valence-electron chi connectivity index (χ4n) is 2.92. The Morgan fingerprint density at radius 3 is 2.34 bits per heavy atom. The van der Waals surface area contributed by atoms with Crippen LogP contribution in [0.25, 0.3) is 10.8 Å². The average molecular weight is 387 g/mol. The number of hydrogen-bond donors (Lipinski definition) is 0. The number of carbonyl (C=O) groups excluding carboxylic acids is 2. The van der Waals surface area contributed by atoms with Crippen LogP contribution >= 0.6 is 0 Å². The molecule has 29 heavy (non-hydrogen) atoms. The van der Waals surface area contributed by atoms with Gasteiger partial charge >= 0.3 is 12.1 Å². The van der Waals surface area contributed by atoms with Crippen molar-refractivity contribution in [3.8, 4) is 6.19 Å². The van der Waals surface area contributed by atoms with Gasteiger partial charge in [-0.1, -0.05) is 72.8 Å². The molecule has 146 valence electrons. The van der Waals surface area contributed by atoms with E-state index >= 15 is 0 Å². The zero-order valence-electron chi connectivity index (χ0n) is 16.1. The van der Waals surface area contributed by atoms with Crippen LogP contribution in [0.15, 0.2) is 72.8 Å². The van der Waals surface area contributed by atoms with E-state index < -0.39 is 12.1 Å².